The summed E-state index contributed by atoms with van der Waals surface area (Å²) < 4.78 is 44.0. The maximum absolute atomic E-state index is 13.5. The number of hydrogen-bond acceptors (Lipinski definition) is 6. The number of ether oxygens (including phenoxy) is 1. The van der Waals surface area contributed by atoms with Crippen LogP contribution in [0.1, 0.15) is 13.8 Å². The predicted molar refractivity (Wildman–Crippen MR) is 69.5 cm³/mol. The molecule has 116 valence electrons. The molecule has 21 heavy (non-hydrogen) atoms. The van der Waals surface area contributed by atoms with Gasteiger partial charge < -0.3 is 4.74 Å². The number of nitro groups is 1. The Morgan fingerprint density at radius 2 is 2.00 bits per heavy atom. The molecular weight excluding hydrogens is 307 g/mol. The Morgan fingerprint density at radius 1 is 1.43 bits per heavy atom. The number of carbonyl (C=O) groups excluding carboxylic acids is 1. The highest BCUT2D eigenvalue weighted by molar-refractivity contribution is 7.89. The summed E-state index contributed by atoms with van der Waals surface area (Å²) in [6, 6.07) is 2.11. The molecule has 0 aliphatic carbocycles. The second-order valence-corrected chi connectivity index (χ2v) is 6.27. The number of benzene rings is 1. The molecule has 0 saturated carbocycles. The minimum atomic E-state index is -4.25. The fourth-order valence-corrected chi connectivity index (χ4v) is 2.87. The highest BCUT2D eigenvalue weighted by Gasteiger charge is 2.34. The lowest BCUT2D eigenvalue weighted by Gasteiger charge is -2.22. The molecule has 0 atom stereocenters. The molecule has 0 spiro atoms. The SMILES string of the molecule is COC(=O)C(C)(C)NS(=O)(=O)c1ccc([N+](=O)[O-])c(F)c1. The summed E-state index contributed by atoms with van der Waals surface area (Å²) in [5, 5.41) is 10.5. The molecule has 0 aliphatic heterocycles. The third-order valence-electron chi connectivity index (χ3n) is 2.51. The van der Waals surface area contributed by atoms with Crippen LogP contribution < -0.4 is 4.72 Å². The molecule has 1 rings (SSSR count). The highest BCUT2D eigenvalue weighted by Crippen LogP contribution is 2.22. The van der Waals surface area contributed by atoms with Crippen molar-refractivity contribution in [2.45, 2.75) is 24.3 Å². The van der Waals surface area contributed by atoms with Crippen molar-refractivity contribution in [2.75, 3.05) is 7.11 Å². The molecule has 0 aliphatic rings. The molecule has 0 bridgehead atoms. The molecule has 1 aromatic carbocycles. The van der Waals surface area contributed by atoms with Crippen LogP contribution in [-0.4, -0.2) is 32.0 Å². The van der Waals surface area contributed by atoms with Gasteiger partial charge in [0.25, 0.3) is 0 Å². The molecule has 0 aromatic heterocycles. The van der Waals surface area contributed by atoms with Crippen LogP contribution >= 0.6 is 0 Å². The van der Waals surface area contributed by atoms with Gasteiger partial charge in [-0.1, -0.05) is 0 Å². The molecule has 1 aromatic rings. The van der Waals surface area contributed by atoms with Gasteiger partial charge in [-0.05, 0) is 19.9 Å². The number of esters is 1. The Hall–Kier alpha value is -2.07. The van der Waals surface area contributed by atoms with Gasteiger partial charge >= 0.3 is 11.7 Å². The lowest BCUT2D eigenvalue weighted by molar-refractivity contribution is -0.387. The molecule has 1 N–H and O–H groups in total. The first-order valence-electron chi connectivity index (χ1n) is 5.57. The van der Waals surface area contributed by atoms with E-state index < -0.39 is 42.9 Å². The fraction of sp³-hybridized carbons (Fsp3) is 0.364. The number of nitro benzene ring substituents is 1. The standard InChI is InChI=1S/C11H13FN2O6S/c1-11(2,10(15)20-3)13-21(18,19)7-4-5-9(14(16)17)8(12)6-7/h4-6,13H,1-3H3. The fourth-order valence-electron chi connectivity index (χ4n) is 1.49. The minimum absolute atomic E-state index is 0.508. The number of halogens is 1. The van der Waals surface area contributed by atoms with Crippen molar-refractivity contribution in [1.82, 2.24) is 4.72 Å². The van der Waals surface area contributed by atoms with E-state index >= 15 is 0 Å². The summed E-state index contributed by atoms with van der Waals surface area (Å²) in [6.45, 7) is 2.52. The van der Waals surface area contributed by atoms with Crippen molar-refractivity contribution in [3.63, 3.8) is 0 Å². The van der Waals surface area contributed by atoms with E-state index in [0.29, 0.717) is 6.07 Å². The quantitative estimate of drug-likeness (QED) is 0.491. The molecule has 0 saturated heterocycles. The highest BCUT2D eigenvalue weighted by atomic mass is 32.2. The van der Waals surface area contributed by atoms with Gasteiger partial charge in [0.05, 0.1) is 16.9 Å². The van der Waals surface area contributed by atoms with Crippen LogP contribution in [0.25, 0.3) is 0 Å². The zero-order chi connectivity index (χ0) is 16.4. The molecule has 10 heteroatoms. The number of sulfonamides is 1. The van der Waals surface area contributed by atoms with Gasteiger partial charge in [0.15, 0.2) is 0 Å². The number of methoxy groups -OCH3 is 1. The second-order valence-electron chi connectivity index (χ2n) is 4.59. The zero-order valence-electron chi connectivity index (χ0n) is 11.4. The molecule has 0 heterocycles. The Morgan fingerprint density at radius 3 is 2.43 bits per heavy atom. The van der Waals surface area contributed by atoms with E-state index in [1.165, 1.54) is 13.8 Å². The molecule has 8 nitrogen and oxygen atoms in total. The van der Waals surface area contributed by atoms with E-state index in [4.69, 9.17) is 0 Å². The largest absolute Gasteiger partial charge is 0.468 e. The number of nitrogens with one attached hydrogen (secondary N) is 1. The van der Waals surface area contributed by atoms with Crippen molar-refractivity contribution in [1.29, 1.82) is 0 Å². The Labute approximate surface area is 120 Å². The van der Waals surface area contributed by atoms with E-state index in [1.807, 2.05) is 4.72 Å². The number of carbonyl (C=O) groups is 1. The average Bonchev–Trinajstić information content (AvgIpc) is 2.35. The summed E-state index contributed by atoms with van der Waals surface area (Å²) in [6.07, 6.45) is 0. The lowest BCUT2D eigenvalue weighted by Crippen LogP contribution is -2.50. The maximum atomic E-state index is 13.5. The number of rotatable bonds is 5. The number of hydrogen-bond donors (Lipinski definition) is 1. The van der Waals surface area contributed by atoms with Gasteiger partial charge in [0.2, 0.25) is 15.8 Å². The van der Waals surface area contributed by atoms with Gasteiger partial charge in [0, 0.05) is 12.1 Å². The van der Waals surface area contributed by atoms with Crippen LogP contribution in [-0.2, 0) is 19.6 Å². The van der Waals surface area contributed by atoms with Crippen LogP contribution in [0, 0.1) is 15.9 Å². The molecule has 0 radical (unpaired) electrons. The summed E-state index contributed by atoms with van der Waals surface area (Å²) in [5.41, 5.74) is -2.42. The van der Waals surface area contributed by atoms with E-state index in [0.717, 1.165) is 19.2 Å². The van der Waals surface area contributed by atoms with Crippen molar-refractivity contribution in [3.8, 4) is 0 Å². The Balaban J connectivity index is 3.18. The summed E-state index contributed by atoms with van der Waals surface area (Å²) >= 11 is 0. The molecule has 0 fully saturated rings. The van der Waals surface area contributed by atoms with Crippen LogP contribution in [0.5, 0.6) is 0 Å². The topological polar surface area (TPSA) is 116 Å². The van der Waals surface area contributed by atoms with Crippen LogP contribution in [0.15, 0.2) is 23.1 Å². The van der Waals surface area contributed by atoms with Crippen molar-refractivity contribution >= 4 is 21.7 Å². The van der Waals surface area contributed by atoms with Gasteiger partial charge in [-0.15, -0.1) is 0 Å². The average molecular weight is 320 g/mol. The number of nitrogens with zero attached hydrogens (tertiary/aromatic N) is 1. The van der Waals surface area contributed by atoms with E-state index in [2.05, 4.69) is 4.74 Å². The smallest absolute Gasteiger partial charge is 0.326 e. The van der Waals surface area contributed by atoms with Gasteiger partial charge in [-0.25, -0.2) is 8.42 Å². The van der Waals surface area contributed by atoms with Crippen LogP contribution in [0.2, 0.25) is 0 Å². The first-order valence-corrected chi connectivity index (χ1v) is 7.06. The molecule has 0 amide bonds. The first kappa shape index (κ1) is 17.0. The zero-order valence-corrected chi connectivity index (χ0v) is 12.2. The van der Waals surface area contributed by atoms with Crippen molar-refractivity contribution < 1.29 is 27.3 Å². The second kappa shape index (κ2) is 5.74. The third-order valence-corrected chi connectivity index (χ3v) is 4.16. The lowest BCUT2D eigenvalue weighted by atomic mass is 10.1. The summed E-state index contributed by atoms with van der Waals surface area (Å²) in [4.78, 5) is 20.4. The predicted octanol–water partition coefficient (Wildman–Crippen LogP) is 0.964. The van der Waals surface area contributed by atoms with Gasteiger partial charge in [0.1, 0.15) is 5.54 Å². The van der Waals surface area contributed by atoms with Crippen LogP contribution in [0.3, 0.4) is 0 Å². The third kappa shape index (κ3) is 3.73. The normalized spacial score (nSPS) is 12.0. The summed E-state index contributed by atoms with van der Waals surface area (Å²) in [7, 11) is -3.16. The van der Waals surface area contributed by atoms with Gasteiger partial charge in [-0.3, -0.25) is 14.9 Å². The van der Waals surface area contributed by atoms with Crippen molar-refractivity contribution in [2.24, 2.45) is 0 Å². The van der Waals surface area contributed by atoms with E-state index in [9.17, 15) is 27.7 Å². The Bertz CT molecular complexity index is 686. The molecule has 0 unspecified atom stereocenters. The van der Waals surface area contributed by atoms with Crippen LogP contribution in [0.4, 0.5) is 10.1 Å². The van der Waals surface area contributed by atoms with E-state index in [-0.39, 0.29) is 0 Å². The van der Waals surface area contributed by atoms with Gasteiger partial charge in [-0.2, -0.15) is 9.11 Å². The Kier molecular flexibility index (Phi) is 4.64. The minimum Gasteiger partial charge on any atom is -0.468 e. The van der Waals surface area contributed by atoms with E-state index in [1.54, 1.807) is 0 Å². The molecular formula is C11H13FN2O6S. The summed E-state index contributed by atoms with van der Waals surface area (Å²) in [5.74, 6) is -2.13. The van der Waals surface area contributed by atoms with Crippen molar-refractivity contribution in [3.05, 3.63) is 34.1 Å². The monoisotopic (exact) mass is 320 g/mol. The first-order chi connectivity index (χ1) is 9.51. The maximum Gasteiger partial charge on any atom is 0.326 e.